The largest absolute Gasteiger partial charge is 0.383 e. The Bertz CT molecular complexity index is 504. The van der Waals surface area contributed by atoms with E-state index in [4.69, 9.17) is 4.74 Å². The van der Waals surface area contributed by atoms with Crippen LogP contribution in [0, 0.1) is 0 Å². The van der Waals surface area contributed by atoms with E-state index >= 15 is 0 Å². The maximum Gasteiger partial charge on any atom is 0.251 e. The molecule has 7 heteroatoms. The minimum atomic E-state index is -0.0924. The molecule has 1 aromatic rings. The lowest BCUT2D eigenvalue weighted by atomic mass is 10.1. The fourth-order valence-electron chi connectivity index (χ4n) is 2.47. The van der Waals surface area contributed by atoms with Crippen LogP contribution in [0.2, 0.25) is 0 Å². The fraction of sp³-hybridized carbons (Fsp3) is 0.714. The van der Waals surface area contributed by atoms with Gasteiger partial charge in [0.15, 0.2) is 0 Å². The smallest absolute Gasteiger partial charge is 0.251 e. The highest BCUT2D eigenvalue weighted by Crippen LogP contribution is 2.19. The first-order chi connectivity index (χ1) is 10.1. The summed E-state index contributed by atoms with van der Waals surface area (Å²) in [5, 5.41) is 3.22. The van der Waals surface area contributed by atoms with E-state index in [1.165, 1.54) is 0 Å². The molecule has 0 bridgehead atoms. The van der Waals surface area contributed by atoms with Crippen molar-refractivity contribution in [2.45, 2.75) is 12.6 Å². The molecule has 0 amide bonds. The molecule has 2 heterocycles. The fourth-order valence-corrected chi connectivity index (χ4v) is 2.47. The van der Waals surface area contributed by atoms with Gasteiger partial charge in [-0.1, -0.05) is 0 Å². The summed E-state index contributed by atoms with van der Waals surface area (Å²) in [6.45, 7) is 4.85. The number of hydrogen-bond acceptors (Lipinski definition) is 6. The van der Waals surface area contributed by atoms with Crippen LogP contribution in [0.1, 0.15) is 17.6 Å². The van der Waals surface area contributed by atoms with Gasteiger partial charge in [-0.2, -0.15) is 0 Å². The minimum absolute atomic E-state index is 0.0924. The summed E-state index contributed by atoms with van der Waals surface area (Å²) in [5.74, 6) is 0.750. The van der Waals surface area contributed by atoms with Crippen molar-refractivity contribution in [1.82, 2.24) is 25.1 Å². The molecule has 7 nitrogen and oxygen atoms in total. The van der Waals surface area contributed by atoms with E-state index in [0.29, 0.717) is 13.2 Å². The van der Waals surface area contributed by atoms with E-state index in [0.717, 1.165) is 37.7 Å². The number of aromatic amines is 1. The molecule has 1 aliphatic heterocycles. The van der Waals surface area contributed by atoms with E-state index in [1.54, 1.807) is 13.2 Å². The van der Waals surface area contributed by atoms with Crippen LogP contribution in [0.5, 0.6) is 0 Å². The second-order valence-corrected chi connectivity index (χ2v) is 5.55. The van der Waals surface area contributed by atoms with Crippen LogP contribution in [-0.4, -0.2) is 73.8 Å². The van der Waals surface area contributed by atoms with Gasteiger partial charge < -0.3 is 19.9 Å². The van der Waals surface area contributed by atoms with Gasteiger partial charge in [-0.25, -0.2) is 4.98 Å². The molecule has 0 aromatic carbocycles. The lowest BCUT2D eigenvalue weighted by Crippen LogP contribution is -2.45. The molecule has 0 radical (unpaired) electrons. The number of H-pyrrole nitrogens is 1. The molecule has 0 spiro atoms. The molecule has 0 saturated carbocycles. The Kier molecular flexibility index (Phi) is 5.86. The van der Waals surface area contributed by atoms with E-state index in [-0.39, 0.29) is 11.6 Å². The standard InChI is InChI=1S/C14H25N5O2/c1-18-5-6-19(2)12(10-18)14-16-11(8-13(20)17-14)9-15-4-7-21-3/h8,12,15H,4-7,9-10H2,1-3H3,(H,16,17,20). The molecule has 21 heavy (non-hydrogen) atoms. The van der Waals surface area contributed by atoms with Crippen molar-refractivity contribution < 1.29 is 4.74 Å². The maximum absolute atomic E-state index is 11.9. The van der Waals surface area contributed by atoms with Gasteiger partial charge in [-0.05, 0) is 14.1 Å². The Morgan fingerprint density at radius 1 is 1.48 bits per heavy atom. The second-order valence-electron chi connectivity index (χ2n) is 5.55. The summed E-state index contributed by atoms with van der Waals surface area (Å²) < 4.78 is 4.99. The van der Waals surface area contributed by atoms with Crippen molar-refractivity contribution in [2.24, 2.45) is 0 Å². The van der Waals surface area contributed by atoms with Crippen molar-refractivity contribution in [1.29, 1.82) is 0 Å². The van der Waals surface area contributed by atoms with Crippen LogP contribution >= 0.6 is 0 Å². The number of piperazine rings is 1. The predicted octanol–water partition coefficient (Wildman–Crippen LogP) is -0.576. The van der Waals surface area contributed by atoms with Crippen LogP contribution in [0.25, 0.3) is 0 Å². The van der Waals surface area contributed by atoms with E-state index < -0.39 is 0 Å². The summed E-state index contributed by atoms with van der Waals surface area (Å²) in [5.41, 5.74) is 0.677. The van der Waals surface area contributed by atoms with E-state index in [1.807, 2.05) is 0 Å². The molecule has 1 aliphatic rings. The maximum atomic E-state index is 11.9. The molecule has 1 atom stereocenters. The van der Waals surface area contributed by atoms with Crippen LogP contribution in [0.4, 0.5) is 0 Å². The van der Waals surface area contributed by atoms with E-state index in [2.05, 4.69) is 39.2 Å². The Morgan fingerprint density at radius 3 is 3.05 bits per heavy atom. The highest BCUT2D eigenvalue weighted by Gasteiger charge is 2.25. The first-order valence-electron chi connectivity index (χ1n) is 7.28. The Balaban J connectivity index is 2.08. The predicted molar refractivity (Wildman–Crippen MR) is 81.3 cm³/mol. The first kappa shape index (κ1) is 16.1. The number of aromatic nitrogens is 2. The number of ether oxygens (including phenoxy) is 1. The highest BCUT2D eigenvalue weighted by atomic mass is 16.5. The third kappa shape index (κ3) is 4.60. The number of likely N-dealkylation sites (N-methyl/N-ethyl adjacent to an activating group) is 2. The van der Waals surface area contributed by atoms with Gasteiger partial charge in [0.2, 0.25) is 0 Å². The van der Waals surface area contributed by atoms with E-state index in [9.17, 15) is 4.79 Å². The number of nitrogens with one attached hydrogen (secondary N) is 2. The van der Waals surface area contributed by atoms with Gasteiger partial charge in [0.05, 0.1) is 18.3 Å². The highest BCUT2D eigenvalue weighted by molar-refractivity contribution is 5.07. The Hall–Kier alpha value is -1.28. The lowest BCUT2D eigenvalue weighted by molar-refractivity contribution is 0.109. The normalized spacial score (nSPS) is 20.8. The first-order valence-corrected chi connectivity index (χ1v) is 7.28. The number of hydrogen-bond donors (Lipinski definition) is 2. The van der Waals surface area contributed by atoms with Crippen molar-refractivity contribution in [3.63, 3.8) is 0 Å². The Morgan fingerprint density at radius 2 is 2.29 bits per heavy atom. The average molecular weight is 295 g/mol. The Labute approximate surface area is 125 Å². The topological polar surface area (TPSA) is 73.5 Å². The monoisotopic (exact) mass is 295 g/mol. The van der Waals surface area contributed by atoms with Gasteiger partial charge in [0, 0.05) is 45.9 Å². The SMILES string of the molecule is COCCNCc1cc(=O)[nH]c(C2CN(C)CCN2C)n1. The molecular formula is C14H25N5O2. The zero-order valence-electron chi connectivity index (χ0n) is 13.1. The third-order valence-electron chi connectivity index (χ3n) is 3.77. The van der Waals surface area contributed by atoms with Crippen LogP contribution in [0.3, 0.4) is 0 Å². The van der Waals surface area contributed by atoms with Crippen molar-refractivity contribution in [3.05, 3.63) is 27.9 Å². The number of nitrogens with zero attached hydrogens (tertiary/aromatic N) is 3. The molecule has 1 aromatic heterocycles. The van der Waals surface area contributed by atoms with Gasteiger partial charge in [-0.3, -0.25) is 9.69 Å². The number of methoxy groups -OCH3 is 1. The van der Waals surface area contributed by atoms with Gasteiger partial charge in [-0.15, -0.1) is 0 Å². The molecule has 1 fully saturated rings. The molecule has 1 saturated heterocycles. The summed E-state index contributed by atoms with van der Waals surface area (Å²) >= 11 is 0. The van der Waals surface area contributed by atoms with Crippen molar-refractivity contribution >= 4 is 0 Å². The zero-order chi connectivity index (χ0) is 15.2. The second kappa shape index (κ2) is 7.65. The quantitative estimate of drug-likeness (QED) is 0.684. The molecule has 2 rings (SSSR count). The molecule has 2 N–H and O–H groups in total. The van der Waals surface area contributed by atoms with Crippen molar-refractivity contribution in [3.8, 4) is 0 Å². The molecular weight excluding hydrogens is 270 g/mol. The third-order valence-corrected chi connectivity index (χ3v) is 3.77. The van der Waals surface area contributed by atoms with Gasteiger partial charge in [0.25, 0.3) is 5.56 Å². The summed E-state index contributed by atoms with van der Waals surface area (Å²) in [6, 6.07) is 1.69. The number of rotatable bonds is 6. The summed E-state index contributed by atoms with van der Waals surface area (Å²) in [6.07, 6.45) is 0. The molecule has 0 aliphatic carbocycles. The summed E-state index contributed by atoms with van der Waals surface area (Å²) in [7, 11) is 5.83. The summed E-state index contributed by atoms with van der Waals surface area (Å²) in [4.78, 5) is 23.8. The zero-order valence-corrected chi connectivity index (χ0v) is 13.1. The lowest BCUT2D eigenvalue weighted by Gasteiger charge is -2.36. The van der Waals surface area contributed by atoms with Crippen molar-refractivity contribution in [2.75, 3.05) is 54.0 Å². The van der Waals surface area contributed by atoms with Crippen LogP contribution in [0.15, 0.2) is 10.9 Å². The van der Waals surface area contributed by atoms with Gasteiger partial charge in [0.1, 0.15) is 5.82 Å². The average Bonchev–Trinajstić information content (AvgIpc) is 2.45. The van der Waals surface area contributed by atoms with Crippen LogP contribution < -0.4 is 10.9 Å². The molecule has 118 valence electrons. The minimum Gasteiger partial charge on any atom is -0.383 e. The van der Waals surface area contributed by atoms with Gasteiger partial charge >= 0.3 is 0 Å². The van der Waals surface area contributed by atoms with Crippen LogP contribution in [-0.2, 0) is 11.3 Å². The molecule has 1 unspecified atom stereocenters.